The number of rotatable bonds is 7. The average Bonchev–Trinajstić information content (AvgIpc) is 2.26. The summed E-state index contributed by atoms with van der Waals surface area (Å²) in [5.74, 6) is 1.74. The highest BCUT2D eigenvalue weighted by atomic mass is 16.5. The van der Waals surface area contributed by atoms with E-state index in [0.717, 1.165) is 31.2 Å². The normalized spacial score (nSPS) is 12.2. The molecular weight excluding hydrogens is 218 g/mol. The molecule has 6 nitrogen and oxygen atoms in total. The van der Waals surface area contributed by atoms with E-state index in [0.29, 0.717) is 0 Å². The number of nitrogens with two attached hydrogens (primary N) is 1. The van der Waals surface area contributed by atoms with Crippen LogP contribution in [0.2, 0.25) is 0 Å². The molecule has 0 radical (unpaired) electrons. The molecular formula is C11H21N5O. The summed E-state index contributed by atoms with van der Waals surface area (Å²) in [7, 11) is 1.69. The van der Waals surface area contributed by atoms with E-state index in [1.54, 1.807) is 7.11 Å². The lowest BCUT2D eigenvalue weighted by Gasteiger charge is -2.15. The smallest absolute Gasteiger partial charge is 0.223 e. The van der Waals surface area contributed by atoms with Crippen LogP contribution in [0, 0.1) is 0 Å². The molecule has 0 saturated heterocycles. The summed E-state index contributed by atoms with van der Waals surface area (Å²) < 4.78 is 5.03. The molecule has 96 valence electrons. The number of nitrogen functional groups attached to an aromatic ring is 1. The maximum absolute atomic E-state index is 5.64. The van der Waals surface area contributed by atoms with Crippen molar-refractivity contribution < 1.29 is 4.74 Å². The molecule has 4 N–H and O–H groups in total. The van der Waals surface area contributed by atoms with Crippen LogP contribution in [0.4, 0.5) is 17.6 Å². The number of anilines is 3. The predicted octanol–water partition coefficient (Wildman–Crippen LogP) is 1.33. The Balaban J connectivity index is 2.63. The molecule has 0 fully saturated rings. The fourth-order valence-electron chi connectivity index (χ4n) is 1.43. The molecule has 0 aromatic carbocycles. The van der Waals surface area contributed by atoms with Gasteiger partial charge in [0.15, 0.2) is 0 Å². The molecule has 0 amide bonds. The molecule has 0 aliphatic carbocycles. The van der Waals surface area contributed by atoms with Crippen molar-refractivity contribution in [3.8, 4) is 0 Å². The first-order valence-corrected chi connectivity index (χ1v) is 5.79. The van der Waals surface area contributed by atoms with Crippen LogP contribution in [0.3, 0.4) is 0 Å². The lowest BCUT2D eigenvalue weighted by molar-refractivity contribution is 0.191. The number of ether oxygens (including phenoxy) is 1. The maximum Gasteiger partial charge on any atom is 0.223 e. The summed E-state index contributed by atoms with van der Waals surface area (Å²) in [6, 6.07) is 2.13. The average molecular weight is 239 g/mol. The van der Waals surface area contributed by atoms with Gasteiger partial charge in [0, 0.05) is 32.4 Å². The third-order valence-electron chi connectivity index (χ3n) is 2.25. The standard InChI is InChI=1S/C11H21N5O/c1-4-13-9-7-10(16-11(12)15-9)14-8(2)5-6-17-3/h7-8H,4-6H2,1-3H3,(H4,12,13,14,15,16). The van der Waals surface area contributed by atoms with Gasteiger partial charge in [0.2, 0.25) is 5.95 Å². The van der Waals surface area contributed by atoms with Gasteiger partial charge < -0.3 is 21.1 Å². The zero-order valence-corrected chi connectivity index (χ0v) is 10.7. The van der Waals surface area contributed by atoms with Gasteiger partial charge in [-0.2, -0.15) is 9.97 Å². The van der Waals surface area contributed by atoms with Crippen molar-refractivity contribution >= 4 is 17.6 Å². The fourth-order valence-corrected chi connectivity index (χ4v) is 1.43. The number of nitrogens with zero attached hydrogens (tertiary/aromatic N) is 2. The van der Waals surface area contributed by atoms with E-state index in [4.69, 9.17) is 10.5 Å². The van der Waals surface area contributed by atoms with Gasteiger partial charge >= 0.3 is 0 Å². The number of aromatic nitrogens is 2. The second-order valence-corrected chi connectivity index (χ2v) is 3.85. The summed E-state index contributed by atoms with van der Waals surface area (Å²) in [6.45, 7) is 5.60. The van der Waals surface area contributed by atoms with Crippen LogP contribution in [0.15, 0.2) is 6.07 Å². The van der Waals surface area contributed by atoms with Crippen molar-refractivity contribution in [2.45, 2.75) is 26.3 Å². The first-order valence-electron chi connectivity index (χ1n) is 5.79. The van der Waals surface area contributed by atoms with Gasteiger partial charge in [0.05, 0.1) is 0 Å². The second kappa shape index (κ2) is 6.90. The van der Waals surface area contributed by atoms with E-state index in [-0.39, 0.29) is 12.0 Å². The van der Waals surface area contributed by atoms with Gasteiger partial charge in [-0.1, -0.05) is 0 Å². The number of nitrogens with one attached hydrogen (secondary N) is 2. The lowest BCUT2D eigenvalue weighted by Crippen LogP contribution is -2.18. The Labute approximate surface area is 102 Å². The van der Waals surface area contributed by atoms with Crippen LogP contribution in [-0.4, -0.2) is 36.3 Å². The summed E-state index contributed by atoms with van der Waals surface area (Å²) in [5, 5.41) is 6.37. The van der Waals surface area contributed by atoms with E-state index in [1.165, 1.54) is 0 Å². The third-order valence-corrected chi connectivity index (χ3v) is 2.25. The van der Waals surface area contributed by atoms with E-state index in [2.05, 4.69) is 27.5 Å². The molecule has 0 saturated carbocycles. The molecule has 17 heavy (non-hydrogen) atoms. The first-order chi connectivity index (χ1) is 8.15. The van der Waals surface area contributed by atoms with Crippen LogP contribution in [0.1, 0.15) is 20.3 Å². The van der Waals surface area contributed by atoms with Gasteiger partial charge in [-0.15, -0.1) is 0 Å². The molecule has 6 heteroatoms. The van der Waals surface area contributed by atoms with E-state index < -0.39 is 0 Å². The first kappa shape index (κ1) is 13.5. The largest absolute Gasteiger partial charge is 0.385 e. The zero-order valence-electron chi connectivity index (χ0n) is 10.7. The summed E-state index contributed by atoms with van der Waals surface area (Å²) in [5.41, 5.74) is 5.64. The van der Waals surface area contributed by atoms with E-state index >= 15 is 0 Å². The van der Waals surface area contributed by atoms with Crippen LogP contribution in [-0.2, 0) is 4.74 Å². The highest BCUT2D eigenvalue weighted by Gasteiger charge is 2.05. The Hall–Kier alpha value is -1.56. The summed E-state index contributed by atoms with van der Waals surface area (Å²) in [4.78, 5) is 8.22. The number of hydrogen-bond acceptors (Lipinski definition) is 6. The molecule has 0 aliphatic rings. The van der Waals surface area contributed by atoms with Gasteiger partial charge in [-0.05, 0) is 20.3 Å². The van der Waals surface area contributed by atoms with Crippen molar-refractivity contribution in [3.05, 3.63) is 6.07 Å². The molecule has 1 aromatic rings. The summed E-state index contributed by atoms with van der Waals surface area (Å²) in [6.07, 6.45) is 0.914. The lowest BCUT2D eigenvalue weighted by atomic mass is 10.2. The van der Waals surface area contributed by atoms with Gasteiger partial charge in [0.1, 0.15) is 11.6 Å². The predicted molar refractivity (Wildman–Crippen MR) is 70.2 cm³/mol. The molecule has 1 atom stereocenters. The van der Waals surface area contributed by atoms with Gasteiger partial charge in [0.25, 0.3) is 0 Å². The molecule has 1 heterocycles. The minimum Gasteiger partial charge on any atom is -0.385 e. The molecule has 1 aromatic heterocycles. The maximum atomic E-state index is 5.64. The van der Waals surface area contributed by atoms with Gasteiger partial charge in [-0.3, -0.25) is 0 Å². The van der Waals surface area contributed by atoms with Crippen molar-refractivity contribution in [2.75, 3.05) is 36.6 Å². The van der Waals surface area contributed by atoms with E-state index in [1.807, 2.05) is 13.0 Å². The molecule has 1 rings (SSSR count). The van der Waals surface area contributed by atoms with Crippen LogP contribution >= 0.6 is 0 Å². The zero-order chi connectivity index (χ0) is 12.7. The van der Waals surface area contributed by atoms with Crippen molar-refractivity contribution in [3.63, 3.8) is 0 Å². The monoisotopic (exact) mass is 239 g/mol. The number of hydrogen-bond donors (Lipinski definition) is 3. The van der Waals surface area contributed by atoms with Crippen molar-refractivity contribution in [1.29, 1.82) is 0 Å². The second-order valence-electron chi connectivity index (χ2n) is 3.85. The minimum atomic E-state index is 0.268. The summed E-state index contributed by atoms with van der Waals surface area (Å²) >= 11 is 0. The Morgan fingerprint density at radius 3 is 2.76 bits per heavy atom. The van der Waals surface area contributed by atoms with E-state index in [9.17, 15) is 0 Å². The highest BCUT2D eigenvalue weighted by Crippen LogP contribution is 2.13. The minimum absolute atomic E-state index is 0.268. The van der Waals surface area contributed by atoms with Crippen LogP contribution in [0.5, 0.6) is 0 Å². The van der Waals surface area contributed by atoms with Crippen LogP contribution in [0.25, 0.3) is 0 Å². The fraction of sp³-hybridized carbons (Fsp3) is 0.636. The molecule has 0 spiro atoms. The van der Waals surface area contributed by atoms with Crippen LogP contribution < -0.4 is 16.4 Å². The quantitative estimate of drug-likeness (QED) is 0.665. The number of methoxy groups -OCH3 is 1. The third kappa shape index (κ3) is 4.86. The highest BCUT2D eigenvalue weighted by molar-refractivity contribution is 5.51. The van der Waals surface area contributed by atoms with Crippen molar-refractivity contribution in [1.82, 2.24) is 9.97 Å². The molecule has 0 aliphatic heterocycles. The molecule has 0 bridgehead atoms. The Morgan fingerprint density at radius 1 is 1.41 bits per heavy atom. The SMILES string of the molecule is CCNc1cc(NC(C)CCOC)nc(N)n1. The Morgan fingerprint density at radius 2 is 2.12 bits per heavy atom. The topological polar surface area (TPSA) is 85.1 Å². The Kier molecular flexibility index (Phi) is 5.48. The Bertz CT molecular complexity index is 345. The van der Waals surface area contributed by atoms with Gasteiger partial charge in [-0.25, -0.2) is 0 Å². The molecule has 1 unspecified atom stereocenters. The van der Waals surface area contributed by atoms with Crippen molar-refractivity contribution in [2.24, 2.45) is 0 Å².